The van der Waals surface area contributed by atoms with Crippen molar-refractivity contribution in [2.45, 2.75) is 25.7 Å². The van der Waals surface area contributed by atoms with Crippen LogP contribution in [0, 0.1) is 31.1 Å². The highest BCUT2D eigenvalue weighted by Gasteiger charge is 2.30. The molecule has 0 spiro atoms. The lowest BCUT2D eigenvalue weighted by Crippen LogP contribution is -2.25. The zero-order valence-electron chi connectivity index (χ0n) is 24.0. The second-order valence-electron chi connectivity index (χ2n) is 10.5. The first kappa shape index (κ1) is 29.2. The minimum Gasteiger partial charge on any atom is -0.457 e. The predicted octanol–water partition coefficient (Wildman–Crippen LogP) is 5.65. The highest BCUT2D eigenvalue weighted by atomic mass is 32.2. The number of nitrogens with zero attached hydrogens (tertiary/aromatic N) is 3. The molecule has 2 amide bonds. The number of likely N-dealkylation sites (tertiary alicyclic amines) is 1. The molecule has 0 saturated carbocycles. The number of anilines is 2. The Balaban J connectivity index is 1.20. The van der Waals surface area contributed by atoms with Crippen molar-refractivity contribution < 1.29 is 9.21 Å². The zero-order chi connectivity index (χ0) is 29.6. The molecule has 2 aromatic heterocycles. The molecule has 0 bridgehead atoms. The molecule has 2 unspecified atom stereocenters. The van der Waals surface area contributed by atoms with E-state index < -0.39 is 0 Å². The van der Waals surface area contributed by atoms with Gasteiger partial charge >= 0.3 is 6.03 Å². The van der Waals surface area contributed by atoms with Gasteiger partial charge in [0.2, 0.25) is 5.95 Å². The van der Waals surface area contributed by atoms with Crippen LogP contribution in [-0.4, -0.2) is 52.9 Å². The van der Waals surface area contributed by atoms with Crippen molar-refractivity contribution in [1.29, 1.82) is 5.41 Å². The normalized spacial score (nSPS) is 17.1. The Bertz CT molecular complexity index is 1600. The number of amidine groups is 1. The van der Waals surface area contributed by atoms with Gasteiger partial charge in [0.15, 0.2) is 0 Å². The smallest absolute Gasteiger partial charge is 0.331 e. The molecule has 0 radical (unpaired) electrons. The van der Waals surface area contributed by atoms with E-state index in [4.69, 9.17) is 15.6 Å². The summed E-state index contributed by atoms with van der Waals surface area (Å²) in [7, 11) is 0. The number of fused-ring (bicyclic) bond motifs is 1. The molecular weight excluding hydrogens is 548 g/mol. The van der Waals surface area contributed by atoms with E-state index in [1.807, 2.05) is 68.5 Å². The minimum atomic E-state index is -0.389. The van der Waals surface area contributed by atoms with Gasteiger partial charge in [0.05, 0.1) is 0 Å². The maximum atomic E-state index is 12.5. The quantitative estimate of drug-likeness (QED) is 0.0914. The van der Waals surface area contributed by atoms with Crippen molar-refractivity contribution in [3.63, 3.8) is 0 Å². The maximum Gasteiger partial charge on any atom is 0.331 e. The molecule has 1 aliphatic heterocycles. The summed E-state index contributed by atoms with van der Waals surface area (Å²) in [6, 6.07) is 16.9. The third kappa shape index (κ3) is 7.48. The van der Waals surface area contributed by atoms with E-state index in [2.05, 4.69) is 43.2 Å². The van der Waals surface area contributed by atoms with E-state index in [9.17, 15) is 4.79 Å². The maximum absolute atomic E-state index is 12.5. The SMILES string of the molecule is CCN1CC(C=Cc2cc3cc(C(=N)N)ccc3o2)C(CNc2cc(C)nc(NC(=O)NSc3ccc(C)cc3)n2)C1. The van der Waals surface area contributed by atoms with Crippen molar-refractivity contribution in [3.8, 4) is 0 Å². The molecule has 6 N–H and O–H groups in total. The van der Waals surface area contributed by atoms with Crippen molar-refractivity contribution in [3.05, 3.63) is 83.3 Å². The van der Waals surface area contributed by atoms with Gasteiger partial charge in [-0.2, -0.15) is 4.98 Å². The number of urea groups is 1. The highest BCUT2D eigenvalue weighted by molar-refractivity contribution is 7.98. The molecule has 2 atom stereocenters. The average Bonchev–Trinajstić information content (AvgIpc) is 3.57. The molecule has 3 heterocycles. The Hall–Kier alpha value is -4.35. The monoisotopic (exact) mass is 584 g/mol. The van der Waals surface area contributed by atoms with Crippen LogP contribution >= 0.6 is 11.9 Å². The number of nitrogens with two attached hydrogens (primary N) is 1. The molecule has 11 heteroatoms. The van der Waals surface area contributed by atoms with Crippen LogP contribution in [0.4, 0.5) is 16.6 Å². The number of nitrogens with one attached hydrogen (secondary N) is 4. The summed E-state index contributed by atoms with van der Waals surface area (Å²) in [6.07, 6.45) is 4.26. The van der Waals surface area contributed by atoms with Crippen LogP contribution in [0.3, 0.4) is 0 Å². The van der Waals surface area contributed by atoms with Crippen LogP contribution in [-0.2, 0) is 0 Å². The van der Waals surface area contributed by atoms with Gasteiger partial charge in [-0.25, -0.2) is 9.78 Å². The number of carbonyl (C=O) groups excluding carboxylic acids is 1. The first-order chi connectivity index (χ1) is 20.2. The minimum absolute atomic E-state index is 0.0401. The fraction of sp³-hybridized carbons (Fsp3) is 0.290. The summed E-state index contributed by atoms with van der Waals surface area (Å²) in [5.74, 6) is 2.40. The fourth-order valence-electron chi connectivity index (χ4n) is 5.00. The second kappa shape index (κ2) is 13.1. The number of furan rings is 1. The predicted molar refractivity (Wildman–Crippen MR) is 170 cm³/mol. The zero-order valence-corrected chi connectivity index (χ0v) is 24.8. The van der Waals surface area contributed by atoms with E-state index in [1.165, 1.54) is 11.9 Å². The number of hydrogen-bond donors (Lipinski definition) is 5. The number of benzene rings is 2. The first-order valence-electron chi connectivity index (χ1n) is 13.9. The highest BCUT2D eigenvalue weighted by Crippen LogP contribution is 2.28. The summed E-state index contributed by atoms with van der Waals surface area (Å²) in [5.41, 5.74) is 9.00. The Kier molecular flexibility index (Phi) is 9.09. The lowest BCUT2D eigenvalue weighted by molar-refractivity contribution is 0.257. The number of aromatic nitrogens is 2. The number of rotatable bonds is 10. The summed E-state index contributed by atoms with van der Waals surface area (Å²) in [5, 5.41) is 14.8. The van der Waals surface area contributed by atoms with Gasteiger partial charge in [0, 0.05) is 47.2 Å². The molecule has 218 valence electrons. The Labute approximate surface area is 249 Å². The van der Waals surface area contributed by atoms with Crippen molar-refractivity contribution in [1.82, 2.24) is 19.6 Å². The molecule has 5 rings (SSSR count). The van der Waals surface area contributed by atoms with E-state index in [1.54, 1.807) is 6.07 Å². The number of carbonyl (C=O) groups is 1. The third-order valence-electron chi connectivity index (χ3n) is 7.28. The molecule has 2 aromatic carbocycles. The Morgan fingerprint density at radius 2 is 1.95 bits per heavy atom. The first-order valence-corrected chi connectivity index (χ1v) is 14.8. The van der Waals surface area contributed by atoms with Crippen LogP contribution in [0.2, 0.25) is 0 Å². The summed E-state index contributed by atoms with van der Waals surface area (Å²) in [6.45, 7) is 9.71. The standard InChI is InChI=1S/C31H36N8O2S/c1-4-39-17-22(7-9-25-15-23-14-21(29(32)33)8-12-27(23)41-25)24(18-39)16-34-28-13-20(3)35-30(36-28)37-31(40)38-42-26-10-5-19(2)6-11-26/h5-15,22,24H,4,16-18H2,1-3H3,(H3,32,33)(H3,34,35,36,37,38,40). The molecule has 1 fully saturated rings. The fourth-order valence-corrected chi connectivity index (χ4v) is 5.54. The van der Waals surface area contributed by atoms with E-state index in [0.717, 1.165) is 59.1 Å². The topological polar surface area (TPSA) is 145 Å². The molecule has 0 aliphatic carbocycles. The van der Waals surface area contributed by atoms with Crippen LogP contribution < -0.4 is 21.1 Å². The molecule has 1 saturated heterocycles. The van der Waals surface area contributed by atoms with Crippen LogP contribution in [0.15, 0.2) is 70.0 Å². The van der Waals surface area contributed by atoms with Crippen LogP contribution in [0.25, 0.3) is 17.0 Å². The van der Waals surface area contributed by atoms with Crippen LogP contribution in [0.5, 0.6) is 0 Å². The summed E-state index contributed by atoms with van der Waals surface area (Å²) < 4.78 is 8.77. The lowest BCUT2D eigenvalue weighted by atomic mass is 9.95. The largest absolute Gasteiger partial charge is 0.457 e. The van der Waals surface area contributed by atoms with Crippen LogP contribution in [0.1, 0.15) is 29.5 Å². The molecule has 4 aromatic rings. The Morgan fingerprint density at radius 1 is 1.14 bits per heavy atom. The van der Waals surface area contributed by atoms with Gasteiger partial charge in [-0.1, -0.05) is 30.7 Å². The lowest BCUT2D eigenvalue weighted by Gasteiger charge is -2.17. The van der Waals surface area contributed by atoms with Gasteiger partial charge in [0.1, 0.15) is 23.0 Å². The number of hydrogen-bond acceptors (Lipinski definition) is 8. The van der Waals surface area contributed by atoms with Gasteiger partial charge in [-0.15, -0.1) is 0 Å². The van der Waals surface area contributed by atoms with E-state index in [0.29, 0.717) is 23.2 Å². The molecule has 1 aliphatic rings. The third-order valence-corrected chi connectivity index (χ3v) is 8.07. The van der Waals surface area contributed by atoms with E-state index in [-0.39, 0.29) is 17.8 Å². The van der Waals surface area contributed by atoms with Gasteiger partial charge in [-0.3, -0.25) is 15.4 Å². The Morgan fingerprint density at radius 3 is 2.71 bits per heavy atom. The average molecular weight is 585 g/mol. The van der Waals surface area contributed by atoms with Crippen molar-refractivity contribution >= 4 is 52.6 Å². The molecule has 10 nitrogen and oxygen atoms in total. The van der Waals surface area contributed by atoms with Crippen molar-refractivity contribution in [2.75, 3.05) is 36.8 Å². The van der Waals surface area contributed by atoms with E-state index >= 15 is 0 Å². The van der Waals surface area contributed by atoms with Gasteiger partial charge in [0.25, 0.3) is 0 Å². The van der Waals surface area contributed by atoms with Crippen molar-refractivity contribution in [2.24, 2.45) is 17.6 Å². The number of aryl methyl sites for hydroxylation is 2. The molecule has 42 heavy (non-hydrogen) atoms. The number of amides is 2. The van der Waals surface area contributed by atoms with Gasteiger partial charge in [-0.05, 0) is 86.7 Å². The molecular formula is C31H36N8O2S. The number of nitrogen functional groups attached to an aromatic ring is 1. The van der Waals surface area contributed by atoms with Gasteiger partial charge < -0.3 is 20.4 Å². The second-order valence-corrected chi connectivity index (χ2v) is 11.4. The summed E-state index contributed by atoms with van der Waals surface area (Å²) in [4.78, 5) is 24.7. The summed E-state index contributed by atoms with van der Waals surface area (Å²) >= 11 is 1.24.